The fraction of sp³-hybridized carbons (Fsp3) is 0.786. The highest BCUT2D eigenvalue weighted by atomic mass is 16.5. The van der Waals surface area contributed by atoms with Gasteiger partial charge in [-0.3, -0.25) is 10.0 Å². The Kier molecular flexibility index (Phi) is 12.6. The summed E-state index contributed by atoms with van der Waals surface area (Å²) in [6.45, 7) is 5.30. The molecule has 3 heteroatoms. The number of hydrogen-bond donors (Lipinski definition) is 2. The maximum Gasteiger partial charge on any atom is 0.243 e. The van der Waals surface area contributed by atoms with Crippen molar-refractivity contribution < 1.29 is 10.0 Å². The summed E-state index contributed by atoms with van der Waals surface area (Å²) in [5, 5.41) is 8.29. The minimum absolute atomic E-state index is 0.276. The first-order valence-corrected chi connectivity index (χ1v) is 6.77. The molecule has 0 fully saturated rings. The molecule has 0 bridgehead atoms. The molecule has 0 heterocycles. The first kappa shape index (κ1) is 16.2. The number of carbonyl (C=O) groups is 1. The van der Waals surface area contributed by atoms with Gasteiger partial charge in [0.15, 0.2) is 0 Å². The Labute approximate surface area is 105 Å². The largest absolute Gasteiger partial charge is 0.289 e. The van der Waals surface area contributed by atoms with Gasteiger partial charge in [-0.15, -0.1) is 0 Å². The maximum absolute atomic E-state index is 10.7. The lowest BCUT2D eigenvalue weighted by Crippen LogP contribution is -2.17. The summed E-state index contributed by atoms with van der Waals surface area (Å²) in [6, 6.07) is 0. The van der Waals surface area contributed by atoms with Crippen molar-refractivity contribution in [2.24, 2.45) is 0 Å². The number of nitrogens with one attached hydrogen (secondary N) is 1. The summed E-state index contributed by atoms with van der Waals surface area (Å²) in [6.07, 6.45) is 14.0. The number of hydroxylamine groups is 1. The van der Waals surface area contributed by atoms with Crippen LogP contribution in [0.2, 0.25) is 0 Å². The lowest BCUT2D eigenvalue weighted by molar-refractivity contribution is -0.129. The second-order valence-electron chi connectivity index (χ2n) is 4.49. The fourth-order valence-corrected chi connectivity index (χ4v) is 1.84. The molecule has 2 N–H and O–H groups in total. The maximum atomic E-state index is 10.7. The molecule has 3 nitrogen and oxygen atoms in total. The van der Waals surface area contributed by atoms with Gasteiger partial charge < -0.3 is 0 Å². The average molecular weight is 240 g/mol. The molecular formula is C14H26NO2. The fourth-order valence-electron chi connectivity index (χ4n) is 1.84. The highest BCUT2D eigenvalue weighted by Crippen LogP contribution is 2.11. The van der Waals surface area contributed by atoms with Crippen LogP contribution >= 0.6 is 0 Å². The molecule has 0 aromatic heterocycles. The molecule has 0 aromatic rings. The van der Waals surface area contributed by atoms with Crippen LogP contribution in [0.5, 0.6) is 0 Å². The van der Waals surface area contributed by atoms with E-state index >= 15 is 0 Å². The molecule has 1 amide bonds. The SMILES string of the molecule is [CH]=CCCCCCCCCCCCC(=O)NO. The van der Waals surface area contributed by atoms with Gasteiger partial charge in [-0.05, 0) is 19.3 Å². The summed E-state index contributed by atoms with van der Waals surface area (Å²) in [4.78, 5) is 10.7. The molecule has 0 saturated carbocycles. The molecule has 0 aliphatic heterocycles. The normalized spacial score (nSPS) is 10.2. The highest BCUT2D eigenvalue weighted by Gasteiger charge is 1.98. The zero-order valence-corrected chi connectivity index (χ0v) is 10.8. The van der Waals surface area contributed by atoms with E-state index in [0.29, 0.717) is 6.42 Å². The van der Waals surface area contributed by atoms with Gasteiger partial charge in [-0.25, -0.2) is 5.48 Å². The second-order valence-corrected chi connectivity index (χ2v) is 4.49. The molecule has 0 aliphatic rings. The van der Waals surface area contributed by atoms with Gasteiger partial charge in [-0.1, -0.05) is 57.6 Å². The van der Waals surface area contributed by atoms with E-state index in [1.54, 1.807) is 11.6 Å². The zero-order valence-electron chi connectivity index (χ0n) is 10.8. The van der Waals surface area contributed by atoms with Gasteiger partial charge in [0.25, 0.3) is 0 Å². The lowest BCUT2D eigenvalue weighted by atomic mass is 10.1. The number of carbonyl (C=O) groups excluding carboxylic acids is 1. The van der Waals surface area contributed by atoms with Gasteiger partial charge in [0, 0.05) is 6.42 Å². The van der Waals surface area contributed by atoms with Crippen molar-refractivity contribution in [1.82, 2.24) is 5.48 Å². The third kappa shape index (κ3) is 13.1. The number of rotatable bonds is 12. The first-order valence-electron chi connectivity index (χ1n) is 6.77. The van der Waals surface area contributed by atoms with Crippen LogP contribution in [-0.2, 0) is 4.79 Å². The molecule has 0 spiro atoms. The van der Waals surface area contributed by atoms with E-state index in [0.717, 1.165) is 19.3 Å². The van der Waals surface area contributed by atoms with Crippen LogP contribution in [0.3, 0.4) is 0 Å². The van der Waals surface area contributed by atoms with E-state index in [4.69, 9.17) is 11.8 Å². The van der Waals surface area contributed by atoms with E-state index in [1.165, 1.54) is 44.9 Å². The molecule has 0 unspecified atom stereocenters. The predicted molar refractivity (Wildman–Crippen MR) is 69.6 cm³/mol. The van der Waals surface area contributed by atoms with E-state index < -0.39 is 0 Å². The summed E-state index contributed by atoms with van der Waals surface area (Å²) < 4.78 is 0. The molecule has 0 atom stereocenters. The van der Waals surface area contributed by atoms with Gasteiger partial charge in [0.05, 0.1) is 0 Å². The molecule has 1 radical (unpaired) electrons. The van der Waals surface area contributed by atoms with Crippen molar-refractivity contribution in [3.63, 3.8) is 0 Å². The van der Waals surface area contributed by atoms with E-state index in [9.17, 15) is 4.79 Å². The number of hydrogen-bond acceptors (Lipinski definition) is 2. The summed E-state index contributed by atoms with van der Waals surface area (Å²) in [5.74, 6) is -0.276. The van der Waals surface area contributed by atoms with Gasteiger partial charge >= 0.3 is 0 Å². The standard InChI is InChI=1S/C14H26NO2/c1-2-3-4-5-6-7-8-9-10-11-12-13-14(16)15-17/h1-2,17H,3-13H2,(H,15,16). The number of unbranched alkanes of at least 4 members (excludes halogenated alkanes) is 9. The van der Waals surface area contributed by atoms with Gasteiger partial charge in [0.2, 0.25) is 5.91 Å². The number of amides is 1. The van der Waals surface area contributed by atoms with Crippen LogP contribution in [0.1, 0.15) is 70.6 Å². The van der Waals surface area contributed by atoms with Crippen LogP contribution in [0.4, 0.5) is 0 Å². The Bertz CT molecular complexity index is 193. The molecule has 0 aromatic carbocycles. The zero-order chi connectivity index (χ0) is 12.8. The van der Waals surface area contributed by atoms with Crippen molar-refractivity contribution in [2.45, 2.75) is 70.6 Å². The molecule has 0 saturated heterocycles. The second kappa shape index (κ2) is 13.2. The summed E-state index contributed by atoms with van der Waals surface area (Å²) in [5.41, 5.74) is 1.65. The third-order valence-corrected chi connectivity index (χ3v) is 2.90. The lowest BCUT2D eigenvalue weighted by Gasteiger charge is -2.02. The Balaban J connectivity index is 2.98. The van der Waals surface area contributed by atoms with E-state index in [1.807, 2.05) is 0 Å². The molecular weight excluding hydrogens is 214 g/mol. The Morgan fingerprint density at radius 3 is 1.88 bits per heavy atom. The predicted octanol–water partition coefficient (Wildman–Crippen LogP) is 3.77. The molecule has 0 aliphatic carbocycles. The molecule has 0 rings (SSSR count). The Hall–Kier alpha value is -0.830. The number of allylic oxidation sites excluding steroid dienone is 1. The molecule has 17 heavy (non-hydrogen) atoms. The topological polar surface area (TPSA) is 49.3 Å². The first-order chi connectivity index (χ1) is 8.31. The molecule has 99 valence electrons. The van der Waals surface area contributed by atoms with Crippen LogP contribution < -0.4 is 5.48 Å². The minimum Gasteiger partial charge on any atom is -0.289 e. The van der Waals surface area contributed by atoms with Gasteiger partial charge in [-0.2, -0.15) is 0 Å². The summed E-state index contributed by atoms with van der Waals surface area (Å²) in [7, 11) is 0. The van der Waals surface area contributed by atoms with Crippen LogP contribution in [0.25, 0.3) is 0 Å². The van der Waals surface area contributed by atoms with Crippen molar-refractivity contribution in [1.29, 1.82) is 0 Å². The average Bonchev–Trinajstić information content (AvgIpc) is 2.35. The van der Waals surface area contributed by atoms with Crippen molar-refractivity contribution >= 4 is 5.91 Å². The van der Waals surface area contributed by atoms with Crippen LogP contribution in [0.15, 0.2) is 6.08 Å². The minimum atomic E-state index is -0.276. The smallest absolute Gasteiger partial charge is 0.243 e. The van der Waals surface area contributed by atoms with Crippen LogP contribution in [-0.4, -0.2) is 11.1 Å². The van der Waals surface area contributed by atoms with Crippen molar-refractivity contribution in [3.8, 4) is 0 Å². The summed E-state index contributed by atoms with van der Waals surface area (Å²) >= 11 is 0. The van der Waals surface area contributed by atoms with Gasteiger partial charge in [0.1, 0.15) is 0 Å². The van der Waals surface area contributed by atoms with Crippen LogP contribution in [0, 0.1) is 6.58 Å². The van der Waals surface area contributed by atoms with Crippen molar-refractivity contribution in [3.05, 3.63) is 12.7 Å². The quantitative estimate of drug-likeness (QED) is 0.310. The van der Waals surface area contributed by atoms with E-state index in [-0.39, 0.29) is 5.91 Å². The van der Waals surface area contributed by atoms with E-state index in [2.05, 4.69) is 0 Å². The third-order valence-electron chi connectivity index (χ3n) is 2.90. The Morgan fingerprint density at radius 2 is 1.41 bits per heavy atom. The monoisotopic (exact) mass is 240 g/mol. The highest BCUT2D eigenvalue weighted by molar-refractivity contribution is 5.74. The Morgan fingerprint density at radius 1 is 0.941 bits per heavy atom. The van der Waals surface area contributed by atoms with Crippen molar-refractivity contribution in [2.75, 3.05) is 0 Å².